The Labute approximate surface area is 125 Å². The minimum atomic E-state index is 0.127. The molecule has 1 aromatic carbocycles. The molecule has 0 radical (unpaired) electrons. The van der Waals surface area contributed by atoms with Crippen LogP contribution in [-0.2, 0) is 12.0 Å². The van der Waals surface area contributed by atoms with E-state index < -0.39 is 0 Å². The summed E-state index contributed by atoms with van der Waals surface area (Å²) in [6, 6.07) is 10.9. The molecule has 1 heterocycles. The fraction of sp³-hybridized carbons (Fsp3) is 0.471. The maximum absolute atomic E-state index is 5.85. The molecular weight excluding hydrogens is 264 g/mol. The largest absolute Gasteiger partial charge is 0.326 e. The lowest BCUT2D eigenvalue weighted by Crippen LogP contribution is -2.30. The van der Waals surface area contributed by atoms with E-state index in [9.17, 15) is 0 Å². The van der Waals surface area contributed by atoms with E-state index in [0.717, 1.165) is 5.69 Å². The Kier molecular flexibility index (Phi) is 3.90. The van der Waals surface area contributed by atoms with Crippen LogP contribution in [0.2, 0.25) is 0 Å². The van der Waals surface area contributed by atoms with Crippen LogP contribution >= 0.6 is 11.3 Å². The Morgan fingerprint density at radius 1 is 1.15 bits per heavy atom. The Balaban J connectivity index is 2.10. The first-order valence-corrected chi connectivity index (χ1v) is 8.30. The zero-order valence-corrected chi connectivity index (χ0v) is 12.9. The van der Waals surface area contributed by atoms with Crippen LogP contribution < -0.4 is 5.73 Å². The summed E-state index contributed by atoms with van der Waals surface area (Å²) in [5.41, 5.74) is 8.52. The highest BCUT2D eigenvalue weighted by atomic mass is 32.1. The topological polar surface area (TPSA) is 38.9 Å². The van der Waals surface area contributed by atoms with Crippen molar-refractivity contribution < 1.29 is 0 Å². The van der Waals surface area contributed by atoms with Crippen molar-refractivity contribution in [1.82, 2.24) is 4.98 Å². The molecule has 1 aliphatic rings. The molecule has 2 aromatic rings. The van der Waals surface area contributed by atoms with Crippen molar-refractivity contribution in [3.05, 3.63) is 51.5 Å². The van der Waals surface area contributed by atoms with E-state index in [1.165, 1.54) is 47.6 Å². The molecule has 3 heteroatoms. The molecule has 0 unspecified atom stereocenters. The molecule has 1 fully saturated rings. The summed E-state index contributed by atoms with van der Waals surface area (Å²) >= 11 is 1.82. The second kappa shape index (κ2) is 5.66. The smallest absolute Gasteiger partial charge is 0.104 e. The van der Waals surface area contributed by atoms with Gasteiger partial charge in [-0.15, -0.1) is 11.3 Å². The number of rotatable bonds is 3. The molecule has 0 aliphatic heterocycles. The second-order valence-electron chi connectivity index (χ2n) is 5.74. The van der Waals surface area contributed by atoms with Gasteiger partial charge in [0, 0.05) is 16.8 Å². The van der Waals surface area contributed by atoms with Crippen molar-refractivity contribution in [3.63, 3.8) is 0 Å². The van der Waals surface area contributed by atoms with Crippen molar-refractivity contribution in [1.29, 1.82) is 0 Å². The summed E-state index contributed by atoms with van der Waals surface area (Å²) in [6.45, 7) is 2.69. The molecule has 20 heavy (non-hydrogen) atoms. The summed E-state index contributed by atoms with van der Waals surface area (Å²) in [6.07, 6.45) is 6.38. The van der Waals surface area contributed by atoms with E-state index in [-0.39, 0.29) is 5.41 Å². The van der Waals surface area contributed by atoms with Crippen LogP contribution in [0.5, 0.6) is 0 Å². The van der Waals surface area contributed by atoms with E-state index >= 15 is 0 Å². The van der Waals surface area contributed by atoms with Crippen molar-refractivity contribution in [3.8, 4) is 0 Å². The maximum Gasteiger partial charge on any atom is 0.104 e. The predicted molar refractivity (Wildman–Crippen MR) is 85.0 cm³/mol. The molecule has 106 valence electrons. The van der Waals surface area contributed by atoms with Crippen molar-refractivity contribution in [2.75, 3.05) is 0 Å². The molecule has 1 aliphatic carbocycles. The van der Waals surface area contributed by atoms with E-state index in [0.29, 0.717) is 6.54 Å². The average molecular weight is 286 g/mol. The van der Waals surface area contributed by atoms with Gasteiger partial charge >= 0.3 is 0 Å². The average Bonchev–Trinajstić information content (AvgIpc) is 2.90. The lowest BCUT2D eigenvalue weighted by Gasteiger charge is -2.36. The second-order valence-corrected chi connectivity index (χ2v) is 6.82. The highest BCUT2D eigenvalue weighted by Crippen LogP contribution is 2.46. The van der Waals surface area contributed by atoms with Gasteiger partial charge in [0.25, 0.3) is 0 Å². The SMILES string of the molecule is Cc1nc(C2(c3ccccc3)CCCCC2)sc1CN. The van der Waals surface area contributed by atoms with Gasteiger partial charge in [-0.3, -0.25) is 0 Å². The summed E-state index contributed by atoms with van der Waals surface area (Å²) in [5.74, 6) is 0. The number of nitrogens with two attached hydrogens (primary N) is 1. The Hall–Kier alpha value is -1.19. The quantitative estimate of drug-likeness (QED) is 0.920. The van der Waals surface area contributed by atoms with Gasteiger partial charge in [-0.05, 0) is 25.3 Å². The molecule has 0 atom stereocenters. The molecule has 0 amide bonds. The third-order valence-corrected chi connectivity index (χ3v) is 5.90. The van der Waals surface area contributed by atoms with E-state index in [1.807, 2.05) is 11.3 Å². The number of hydrogen-bond donors (Lipinski definition) is 1. The van der Waals surface area contributed by atoms with E-state index in [4.69, 9.17) is 10.7 Å². The maximum atomic E-state index is 5.85. The number of benzene rings is 1. The Morgan fingerprint density at radius 2 is 1.85 bits per heavy atom. The number of aryl methyl sites for hydroxylation is 1. The van der Waals surface area contributed by atoms with Crippen molar-refractivity contribution in [2.45, 2.75) is 51.0 Å². The number of hydrogen-bond acceptors (Lipinski definition) is 3. The van der Waals surface area contributed by atoms with Crippen molar-refractivity contribution in [2.24, 2.45) is 5.73 Å². The minimum Gasteiger partial charge on any atom is -0.326 e. The summed E-state index contributed by atoms with van der Waals surface area (Å²) in [7, 11) is 0. The monoisotopic (exact) mass is 286 g/mol. The lowest BCUT2D eigenvalue weighted by molar-refractivity contribution is 0.344. The molecule has 0 spiro atoms. The van der Waals surface area contributed by atoms with Gasteiger partial charge in [-0.25, -0.2) is 4.98 Å². The highest BCUT2D eigenvalue weighted by Gasteiger charge is 2.38. The van der Waals surface area contributed by atoms with E-state index in [1.54, 1.807) is 0 Å². The van der Waals surface area contributed by atoms with Crippen LogP contribution in [0.25, 0.3) is 0 Å². The first-order chi connectivity index (χ1) is 9.76. The molecule has 0 bridgehead atoms. The molecule has 3 rings (SSSR count). The zero-order chi connectivity index (χ0) is 14.0. The van der Waals surface area contributed by atoms with Crippen LogP contribution in [0.15, 0.2) is 30.3 Å². The number of aromatic nitrogens is 1. The minimum absolute atomic E-state index is 0.127. The van der Waals surface area contributed by atoms with Crippen molar-refractivity contribution >= 4 is 11.3 Å². The van der Waals surface area contributed by atoms with Crippen LogP contribution in [-0.4, -0.2) is 4.98 Å². The van der Waals surface area contributed by atoms with Gasteiger partial charge in [0.2, 0.25) is 0 Å². The van der Waals surface area contributed by atoms with Crippen LogP contribution in [0.1, 0.15) is 53.2 Å². The standard InChI is InChI=1S/C17H22N2S/c1-13-15(12-18)20-16(19-13)17(10-6-3-7-11-17)14-8-4-2-5-9-14/h2,4-5,8-9H,3,6-7,10-12,18H2,1H3. The van der Waals surface area contributed by atoms with Gasteiger partial charge in [0.15, 0.2) is 0 Å². The third-order valence-electron chi connectivity index (χ3n) is 4.52. The van der Waals surface area contributed by atoms with E-state index in [2.05, 4.69) is 37.3 Å². The lowest BCUT2D eigenvalue weighted by atomic mass is 9.70. The molecule has 2 N–H and O–H groups in total. The van der Waals surface area contributed by atoms with Gasteiger partial charge in [-0.2, -0.15) is 0 Å². The van der Waals surface area contributed by atoms with Crippen LogP contribution in [0, 0.1) is 6.92 Å². The van der Waals surface area contributed by atoms with Gasteiger partial charge in [-0.1, -0.05) is 49.6 Å². The molecule has 2 nitrogen and oxygen atoms in total. The Bertz CT molecular complexity index is 568. The first-order valence-electron chi connectivity index (χ1n) is 7.49. The van der Waals surface area contributed by atoms with Crippen LogP contribution in [0.3, 0.4) is 0 Å². The fourth-order valence-electron chi connectivity index (χ4n) is 3.36. The van der Waals surface area contributed by atoms with Crippen LogP contribution in [0.4, 0.5) is 0 Å². The van der Waals surface area contributed by atoms with Gasteiger partial charge in [0.1, 0.15) is 5.01 Å². The Morgan fingerprint density at radius 3 is 2.45 bits per heavy atom. The zero-order valence-electron chi connectivity index (χ0n) is 12.1. The number of nitrogens with zero attached hydrogens (tertiary/aromatic N) is 1. The molecule has 1 saturated carbocycles. The summed E-state index contributed by atoms with van der Waals surface area (Å²) in [4.78, 5) is 6.13. The van der Waals surface area contributed by atoms with Gasteiger partial charge in [0.05, 0.1) is 5.69 Å². The predicted octanol–water partition coefficient (Wildman–Crippen LogP) is 4.16. The summed E-state index contributed by atoms with van der Waals surface area (Å²) in [5, 5.41) is 1.28. The summed E-state index contributed by atoms with van der Waals surface area (Å²) < 4.78 is 0. The highest BCUT2D eigenvalue weighted by molar-refractivity contribution is 7.12. The fourth-order valence-corrected chi connectivity index (χ4v) is 4.57. The molecule has 0 saturated heterocycles. The first kappa shape index (κ1) is 13.8. The molecular formula is C17H22N2S. The van der Waals surface area contributed by atoms with Gasteiger partial charge < -0.3 is 5.73 Å². The number of thiazole rings is 1. The normalized spacial score (nSPS) is 18.1. The third kappa shape index (κ3) is 2.29. The molecule has 1 aromatic heterocycles.